The number of aromatic hydroxyl groups is 1. The predicted molar refractivity (Wildman–Crippen MR) is 120 cm³/mol. The van der Waals surface area contributed by atoms with Crippen LogP contribution in [0.4, 0.5) is 4.39 Å². The van der Waals surface area contributed by atoms with Crippen LogP contribution in [-0.4, -0.2) is 24.3 Å². The molecule has 33 heavy (non-hydrogen) atoms. The third-order valence-electron chi connectivity index (χ3n) is 5.47. The fourth-order valence-corrected chi connectivity index (χ4v) is 3.93. The maximum absolute atomic E-state index is 13.9. The van der Waals surface area contributed by atoms with E-state index in [1.54, 1.807) is 31.2 Å². The van der Waals surface area contributed by atoms with Crippen molar-refractivity contribution in [2.45, 2.75) is 6.92 Å². The van der Waals surface area contributed by atoms with Crippen LogP contribution in [0, 0.1) is 24.1 Å². The highest BCUT2D eigenvalue weighted by Gasteiger charge is 2.19. The second-order valence-electron chi connectivity index (χ2n) is 7.35. The van der Waals surface area contributed by atoms with Gasteiger partial charge >= 0.3 is 0 Å². The number of para-hydroxylation sites is 2. The summed E-state index contributed by atoms with van der Waals surface area (Å²) in [7, 11) is 0. The molecule has 8 nitrogen and oxygen atoms in total. The molecular formula is C23H13ClFN5O3. The fourth-order valence-electron chi connectivity index (χ4n) is 3.81. The highest BCUT2D eigenvalue weighted by Crippen LogP contribution is 2.23. The number of H-pyrrole nitrogens is 1. The van der Waals surface area contributed by atoms with Gasteiger partial charge in [-0.3, -0.25) is 19.1 Å². The van der Waals surface area contributed by atoms with Crippen LogP contribution in [-0.2, 0) is 0 Å². The molecule has 0 saturated heterocycles. The maximum atomic E-state index is 13.9. The van der Waals surface area contributed by atoms with Crippen molar-refractivity contribution in [3.8, 4) is 17.6 Å². The number of pyridine rings is 1. The molecule has 2 N–H and O–H groups in total. The van der Waals surface area contributed by atoms with Gasteiger partial charge in [0.15, 0.2) is 5.65 Å². The number of hydrogen-bond acceptors (Lipinski definition) is 5. The topological polar surface area (TPSA) is 116 Å². The summed E-state index contributed by atoms with van der Waals surface area (Å²) in [4.78, 5) is 30.4. The van der Waals surface area contributed by atoms with Crippen molar-refractivity contribution >= 4 is 34.4 Å². The largest absolute Gasteiger partial charge is 0.493 e. The number of aromatic nitrogens is 4. The first-order valence-electron chi connectivity index (χ1n) is 9.67. The van der Waals surface area contributed by atoms with E-state index < -0.39 is 22.8 Å². The Morgan fingerprint density at radius 1 is 1.24 bits per heavy atom. The van der Waals surface area contributed by atoms with Crippen LogP contribution in [0.25, 0.3) is 28.4 Å². The molecule has 2 aromatic carbocycles. The van der Waals surface area contributed by atoms with Gasteiger partial charge in [-0.2, -0.15) is 5.26 Å². The van der Waals surface area contributed by atoms with Gasteiger partial charge in [0.05, 0.1) is 27.3 Å². The summed E-state index contributed by atoms with van der Waals surface area (Å²) in [6.07, 6.45) is 1.21. The van der Waals surface area contributed by atoms with Gasteiger partial charge in [-0.05, 0) is 42.8 Å². The van der Waals surface area contributed by atoms with Crippen LogP contribution < -0.4 is 16.3 Å². The minimum absolute atomic E-state index is 0.0445. The third-order valence-corrected chi connectivity index (χ3v) is 5.78. The first kappa shape index (κ1) is 20.5. The van der Waals surface area contributed by atoms with Crippen molar-refractivity contribution in [2.24, 2.45) is 0 Å². The maximum Gasteiger partial charge on any atom is 0.275 e. The molecule has 0 amide bonds. The Morgan fingerprint density at radius 3 is 2.73 bits per heavy atom. The normalized spacial score (nSPS) is 12.0. The number of hydrogen-bond donors (Lipinski definition) is 2. The lowest BCUT2D eigenvalue weighted by Crippen LogP contribution is -2.34. The van der Waals surface area contributed by atoms with Crippen LogP contribution in [0.2, 0.25) is 5.02 Å². The molecular weight excluding hydrogens is 449 g/mol. The van der Waals surface area contributed by atoms with E-state index in [-0.39, 0.29) is 32.7 Å². The van der Waals surface area contributed by atoms with Crippen molar-refractivity contribution in [1.82, 2.24) is 19.2 Å². The Kier molecular flexibility index (Phi) is 4.55. The van der Waals surface area contributed by atoms with Crippen molar-refractivity contribution in [1.29, 1.82) is 5.26 Å². The Morgan fingerprint density at radius 2 is 2.00 bits per heavy atom. The van der Waals surface area contributed by atoms with Gasteiger partial charge < -0.3 is 5.11 Å². The molecule has 3 heterocycles. The Bertz CT molecular complexity index is 1830. The molecule has 0 aliphatic carbocycles. The van der Waals surface area contributed by atoms with Crippen LogP contribution >= 0.6 is 11.6 Å². The van der Waals surface area contributed by atoms with Gasteiger partial charge in [-0.1, -0.05) is 23.7 Å². The summed E-state index contributed by atoms with van der Waals surface area (Å²) in [5.41, 5.74) is 0.440. The lowest BCUT2D eigenvalue weighted by Gasteiger charge is -2.05. The van der Waals surface area contributed by atoms with E-state index in [4.69, 9.17) is 11.6 Å². The number of aromatic amines is 1. The third kappa shape index (κ3) is 3.00. The average Bonchev–Trinajstić information content (AvgIpc) is 3.31. The van der Waals surface area contributed by atoms with Gasteiger partial charge in [0.2, 0.25) is 5.88 Å². The van der Waals surface area contributed by atoms with E-state index in [0.29, 0.717) is 16.6 Å². The summed E-state index contributed by atoms with van der Waals surface area (Å²) in [5, 5.41) is 22.8. The zero-order valence-electron chi connectivity index (χ0n) is 16.9. The second kappa shape index (κ2) is 7.32. The average molecular weight is 462 g/mol. The monoisotopic (exact) mass is 461 g/mol. The van der Waals surface area contributed by atoms with E-state index in [9.17, 15) is 24.3 Å². The van der Waals surface area contributed by atoms with Gasteiger partial charge in [-0.25, -0.2) is 14.1 Å². The van der Waals surface area contributed by atoms with Gasteiger partial charge in [0.1, 0.15) is 17.4 Å². The molecule has 5 aromatic rings. The van der Waals surface area contributed by atoms with E-state index >= 15 is 0 Å². The minimum atomic E-state index is -0.734. The lowest BCUT2D eigenvalue weighted by molar-refractivity contribution is 0.432. The fraction of sp³-hybridized carbons (Fsp3) is 0.0435. The molecule has 0 saturated carbocycles. The Balaban J connectivity index is 1.84. The van der Waals surface area contributed by atoms with Crippen molar-refractivity contribution in [2.75, 3.05) is 0 Å². The van der Waals surface area contributed by atoms with Crippen molar-refractivity contribution in [3.05, 3.63) is 95.9 Å². The highest BCUT2D eigenvalue weighted by atomic mass is 35.5. The summed E-state index contributed by atoms with van der Waals surface area (Å²) in [6, 6.07) is 12.8. The zero-order chi connectivity index (χ0) is 23.4. The first-order valence-corrected chi connectivity index (χ1v) is 10.0. The summed E-state index contributed by atoms with van der Waals surface area (Å²) in [6.45, 7) is 1.57. The molecule has 162 valence electrons. The van der Waals surface area contributed by atoms with E-state index in [2.05, 4.69) is 16.2 Å². The molecule has 0 atom stereocenters. The Labute approximate surface area is 189 Å². The number of nitrogens with one attached hydrogen (secondary N) is 1. The molecule has 0 bridgehead atoms. The number of fused-ring (bicyclic) bond motifs is 3. The summed E-state index contributed by atoms with van der Waals surface area (Å²) < 4.78 is 16.2. The van der Waals surface area contributed by atoms with Gasteiger partial charge in [0.25, 0.3) is 11.1 Å². The summed E-state index contributed by atoms with van der Waals surface area (Å²) >= 11 is 5.70. The number of imidazole rings is 1. The molecule has 0 unspecified atom stereocenters. The first-order chi connectivity index (χ1) is 15.8. The number of nitriles is 1. The van der Waals surface area contributed by atoms with Crippen LogP contribution in [0.3, 0.4) is 0 Å². The van der Waals surface area contributed by atoms with E-state index in [1.165, 1.54) is 22.6 Å². The summed E-state index contributed by atoms with van der Waals surface area (Å²) in [5.74, 6) is -1.27. The molecule has 0 aliphatic heterocycles. The zero-order valence-corrected chi connectivity index (χ0v) is 17.7. The van der Waals surface area contributed by atoms with Crippen molar-refractivity contribution in [3.63, 3.8) is 0 Å². The van der Waals surface area contributed by atoms with E-state index in [1.807, 2.05) is 0 Å². The molecule has 0 radical (unpaired) electrons. The molecule has 0 spiro atoms. The molecule has 0 aliphatic rings. The van der Waals surface area contributed by atoms with E-state index in [0.717, 1.165) is 10.7 Å². The number of benzene rings is 2. The number of rotatable bonds is 2. The van der Waals surface area contributed by atoms with Gasteiger partial charge in [0, 0.05) is 11.3 Å². The molecule has 3 aromatic heterocycles. The molecule has 0 fully saturated rings. The number of halogens is 2. The Hall–Kier alpha value is -4.42. The van der Waals surface area contributed by atoms with Crippen LogP contribution in [0.1, 0.15) is 16.7 Å². The minimum Gasteiger partial charge on any atom is -0.493 e. The second-order valence-corrected chi connectivity index (χ2v) is 7.75. The molecule has 5 rings (SSSR count). The highest BCUT2D eigenvalue weighted by molar-refractivity contribution is 6.30. The predicted octanol–water partition coefficient (Wildman–Crippen LogP) is 2.55. The number of nitrogens with zero attached hydrogens (tertiary/aromatic N) is 4. The van der Waals surface area contributed by atoms with Crippen molar-refractivity contribution < 1.29 is 9.50 Å². The van der Waals surface area contributed by atoms with Crippen LogP contribution in [0.5, 0.6) is 5.88 Å². The lowest BCUT2D eigenvalue weighted by atomic mass is 10.1. The smallest absolute Gasteiger partial charge is 0.275 e. The SMILES string of the molecule is Cc1c(C#N)c2nc3ccccc3n2c(=O)/c1=C\c1c(O)n(-c2ccc(Cl)c(F)c2)[nH]c1=O. The molecule has 10 heteroatoms. The van der Waals surface area contributed by atoms with Gasteiger partial charge in [-0.15, -0.1) is 0 Å². The van der Waals surface area contributed by atoms with Crippen LogP contribution in [0.15, 0.2) is 52.1 Å². The standard InChI is InChI=1S/C23H13ClFN5O3/c1-11-13(22(32)29-19-5-3-2-4-18(19)27-20(29)15(11)10-26)9-14-21(31)28-30(23(14)33)12-6-7-16(24)17(25)8-12/h2-9,33H,1H3,(H,28,31)/b13-9-. The quantitative estimate of drug-likeness (QED) is 0.419.